The fourth-order valence-electron chi connectivity index (χ4n) is 3.08. The van der Waals surface area contributed by atoms with Crippen LogP contribution in [-0.4, -0.2) is 30.1 Å². The standard InChI is InChI=1S/C17H27FN2/c1-5-17(4)12-20(8-6-7-19-17)11-15-9-13(2)16(18)14(3)10-15/h9-10,19H,5-8,11-12H2,1-4H3. The van der Waals surface area contributed by atoms with Crippen LogP contribution in [0.5, 0.6) is 0 Å². The summed E-state index contributed by atoms with van der Waals surface area (Å²) >= 11 is 0. The number of aryl methyl sites for hydroxylation is 2. The average molecular weight is 278 g/mol. The molecule has 1 saturated heterocycles. The van der Waals surface area contributed by atoms with Crippen LogP contribution in [0.1, 0.15) is 43.4 Å². The Bertz CT molecular complexity index is 449. The fourth-order valence-corrected chi connectivity index (χ4v) is 3.08. The minimum atomic E-state index is -0.0651. The van der Waals surface area contributed by atoms with Crippen LogP contribution in [-0.2, 0) is 6.54 Å². The van der Waals surface area contributed by atoms with Crippen molar-refractivity contribution in [2.24, 2.45) is 0 Å². The van der Waals surface area contributed by atoms with E-state index in [1.54, 1.807) is 0 Å². The molecule has 1 aliphatic heterocycles. The highest BCUT2D eigenvalue weighted by atomic mass is 19.1. The third-order valence-electron chi connectivity index (χ3n) is 4.46. The van der Waals surface area contributed by atoms with E-state index in [9.17, 15) is 4.39 Å². The number of hydrogen-bond acceptors (Lipinski definition) is 2. The quantitative estimate of drug-likeness (QED) is 0.911. The highest BCUT2D eigenvalue weighted by Crippen LogP contribution is 2.20. The van der Waals surface area contributed by atoms with Gasteiger partial charge in [0.2, 0.25) is 0 Å². The molecule has 0 amide bonds. The number of rotatable bonds is 3. The number of nitrogens with zero attached hydrogens (tertiary/aromatic N) is 1. The van der Waals surface area contributed by atoms with Crippen LogP contribution in [0.25, 0.3) is 0 Å². The maximum absolute atomic E-state index is 13.7. The Kier molecular flexibility index (Phi) is 4.82. The van der Waals surface area contributed by atoms with E-state index >= 15 is 0 Å². The van der Waals surface area contributed by atoms with E-state index in [1.165, 1.54) is 12.0 Å². The van der Waals surface area contributed by atoms with Crippen molar-refractivity contribution in [1.82, 2.24) is 10.2 Å². The Morgan fingerprint density at radius 3 is 2.55 bits per heavy atom. The van der Waals surface area contributed by atoms with Gasteiger partial charge in [-0.1, -0.05) is 19.1 Å². The summed E-state index contributed by atoms with van der Waals surface area (Å²) in [7, 11) is 0. The average Bonchev–Trinajstić information content (AvgIpc) is 2.58. The van der Waals surface area contributed by atoms with Crippen LogP contribution in [0.2, 0.25) is 0 Å². The monoisotopic (exact) mass is 278 g/mol. The van der Waals surface area contributed by atoms with Crippen molar-refractivity contribution in [3.63, 3.8) is 0 Å². The SMILES string of the molecule is CCC1(C)CN(Cc2cc(C)c(F)c(C)c2)CCCN1. The molecular formula is C17H27FN2. The lowest BCUT2D eigenvalue weighted by atomic mass is 9.98. The molecule has 1 aromatic carbocycles. The van der Waals surface area contributed by atoms with E-state index in [2.05, 4.69) is 24.1 Å². The molecule has 1 fully saturated rings. The highest BCUT2D eigenvalue weighted by molar-refractivity contribution is 5.30. The van der Waals surface area contributed by atoms with Crippen molar-refractivity contribution < 1.29 is 4.39 Å². The smallest absolute Gasteiger partial charge is 0.129 e. The molecule has 1 aromatic rings. The molecule has 20 heavy (non-hydrogen) atoms. The fraction of sp³-hybridized carbons (Fsp3) is 0.647. The summed E-state index contributed by atoms with van der Waals surface area (Å²) < 4.78 is 13.7. The Hall–Kier alpha value is -0.930. The molecule has 1 aliphatic rings. The third kappa shape index (κ3) is 3.58. The summed E-state index contributed by atoms with van der Waals surface area (Å²) in [5.74, 6) is -0.0651. The molecule has 1 heterocycles. The summed E-state index contributed by atoms with van der Waals surface area (Å²) in [6.07, 6.45) is 2.31. The molecular weight excluding hydrogens is 251 g/mol. The predicted octanol–water partition coefficient (Wildman–Crippen LogP) is 3.41. The van der Waals surface area contributed by atoms with Gasteiger partial charge >= 0.3 is 0 Å². The maximum atomic E-state index is 13.7. The zero-order valence-corrected chi connectivity index (χ0v) is 13.2. The lowest BCUT2D eigenvalue weighted by Crippen LogP contribution is -2.48. The van der Waals surface area contributed by atoms with Gasteiger partial charge in [-0.25, -0.2) is 4.39 Å². The molecule has 112 valence electrons. The minimum Gasteiger partial charge on any atom is -0.310 e. The summed E-state index contributed by atoms with van der Waals surface area (Å²) in [6, 6.07) is 3.98. The Morgan fingerprint density at radius 1 is 1.30 bits per heavy atom. The van der Waals surface area contributed by atoms with Crippen molar-refractivity contribution in [2.75, 3.05) is 19.6 Å². The first-order valence-corrected chi connectivity index (χ1v) is 7.66. The molecule has 0 radical (unpaired) electrons. The van der Waals surface area contributed by atoms with Gasteiger partial charge in [-0.05, 0) is 63.4 Å². The van der Waals surface area contributed by atoms with Crippen LogP contribution in [0.3, 0.4) is 0 Å². The zero-order valence-electron chi connectivity index (χ0n) is 13.2. The summed E-state index contributed by atoms with van der Waals surface area (Å²) in [5.41, 5.74) is 2.93. The van der Waals surface area contributed by atoms with Crippen LogP contribution >= 0.6 is 0 Å². The first-order chi connectivity index (χ1) is 9.43. The van der Waals surface area contributed by atoms with Crippen molar-refractivity contribution in [3.05, 3.63) is 34.6 Å². The first-order valence-electron chi connectivity index (χ1n) is 7.66. The molecule has 0 bridgehead atoms. The van der Waals surface area contributed by atoms with Gasteiger partial charge in [0.15, 0.2) is 0 Å². The van der Waals surface area contributed by atoms with Gasteiger partial charge in [-0.2, -0.15) is 0 Å². The largest absolute Gasteiger partial charge is 0.310 e. The number of hydrogen-bond donors (Lipinski definition) is 1. The molecule has 0 spiro atoms. The van der Waals surface area contributed by atoms with Crippen LogP contribution < -0.4 is 5.32 Å². The lowest BCUT2D eigenvalue weighted by molar-refractivity contribution is 0.208. The molecule has 3 heteroatoms. The Balaban J connectivity index is 2.12. The minimum absolute atomic E-state index is 0.0651. The Morgan fingerprint density at radius 2 is 1.95 bits per heavy atom. The number of nitrogens with one attached hydrogen (secondary N) is 1. The van der Waals surface area contributed by atoms with E-state index in [4.69, 9.17) is 0 Å². The summed E-state index contributed by atoms with van der Waals surface area (Å²) in [6.45, 7) is 12.4. The van der Waals surface area contributed by atoms with Crippen molar-refractivity contribution in [2.45, 2.75) is 52.6 Å². The van der Waals surface area contributed by atoms with Gasteiger partial charge in [0.25, 0.3) is 0 Å². The molecule has 1 unspecified atom stereocenters. The second-order valence-electron chi connectivity index (χ2n) is 6.45. The summed E-state index contributed by atoms with van der Waals surface area (Å²) in [4.78, 5) is 2.50. The number of benzene rings is 1. The van der Waals surface area contributed by atoms with E-state index in [1.807, 2.05) is 26.0 Å². The predicted molar refractivity (Wildman–Crippen MR) is 82.5 cm³/mol. The number of halogens is 1. The van der Waals surface area contributed by atoms with Gasteiger partial charge in [-0.15, -0.1) is 0 Å². The zero-order chi connectivity index (χ0) is 14.8. The van der Waals surface area contributed by atoms with E-state index in [0.29, 0.717) is 0 Å². The maximum Gasteiger partial charge on any atom is 0.129 e. The molecule has 1 N–H and O–H groups in total. The van der Waals surface area contributed by atoms with Crippen LogP contribution in [0.4, 0.5) is 4.39 Å². The molecule has 2 nitrogen and oxygen atoms in total. The van der Waals surface area contributed by atoms with E-state index in [0.717, 1.165) is 43.7 Å². The normalized spacial score (nSPS) is 24.6. The van der Waals surface area contributed by atoms with Crippen molar-refractivity contribution in [3.8, 4) is 0 Å². The van der Waals surface area contributed by atoms with Gasteiger partial charge < -0.3 is 5.32 Å². The van der Waals surface area contributed by atoms with Gasteiger partial charge in [0.05, 0.1) is 0 Å². The highest BCUT2D eigenvalue weighted by Gasteiger charge is 2.27. The second-order valence-corrected chi connectivity index (χ2v) is 6.45. The van der Waals surface area contributed by atoms with Crippen LogP contribution in [0.15, 0.2) is 12.1 Å². The molecule has 0 aliphatic carbocycles. The molecule has 1 atom stereocenters. The topological polar surface area (TPSA) is 15.3 Å². The van der Waals surface area contributed by atoms with Gasteiger partial charge in [0.1, 0.15) is 5.82 Å². The molecule has 0 aromatic heterocycles. The lowest BCUT2D eigenvalue weighted by Gasteiger charge is -2.32. The summed E-state index contributed by atoms with van der Waals surface area (Å²) in [5, 5.41) is 3.65. The Labute approximate surface area is 122 Å². The van der Waals surface area contributed by atoms with Crippen LogP contribution in [0, 0.1) is 19.7 Å². The van der Waals surface area contributed by atoms with Gasteiger partial charge in [-0.3, -0.25) is 4.90 Å². The van der Waals surface area contributed by atoms with E-state index < -0.39 is 0 Å². The third-order valence-corrected chi connectivity index (χ3v) is 4.46. The van der Waals surface area contributed by atoms with Gasteiger partial charge in [0, 0.05) is 18.6 Å². The second kappa shape index (κ2) is 6.23. The van der Waals surface area contributed by atoms with E-state index in [-0.39, 0.29) is 11.4 Å². The van der Waals surface area contributed by atoms with Crippen molar-refractivity contribution in [1.29, 1.82) is 0 Å². The molecule has 2 rings (SSSR count). The first kappa shape index (κ1) is 15.5. The molecule has 0 saturated carbocycles. The van der Waals surface area contributed by atoms with Crippen molar-refractivity contribution >= 4 is 0 Å².